The molecule has 0 unspecified atom stereocenters. The molecule has 0 radical (unpaired) electrons. The van der Waals surface area contributed by atoms with Gasteiger partial charge in [-0.3, -0.25) is 14.4 Å². The summed E-state index contributed by atoms with van der Waals surface area (Å²) >= 11 is 11.6. The zero-order chi connectivity index (χ0) is 31.2. The van der Waals surface area contributed by atoms with Gasteiger partial charge < -0.3 is 24.1 Å². The van der Waals surface area contributed by atoms with E-state index in [0.717, 1.165) is 12.1 Å². The Morgan fingerprint density at radius 1 is 1.00 bits per heavy atom. The van der Waals surface area contributed by atoms with Crippen molar-refractivity contribution in [2.45, 2.75) is 38.9 Å². The van der Waals surface area contributed by atoms with Crippen molar-refractivity contribution in [3.63, 3.8) is 0 Å². The van der Waals surface area contributed by atoms with Crippen LogP contribution in [0.1, 0.15) is 48.8 Å². The summed E-state index contributed by atoms with van der Waals surface area (Å²) < 4.78 is 49.7. The van der Waals surface area contributed by atoms with Crippen LogP contribution in [0.3, 0.4) is 0 Å². The van der Waals surface area contributed by atoms with E-state index in [2.05, 4.69) is 4.98 Å². The van der Waals surface area contributed by atoms with Gasteiger partial charge in [-0.2, -0.15) is 0 Å². The molecule has 3 aromatic rings. The minimum absolute atomic E-state index is 0.0784. The van der Waals surface area contributed by atoms with Crippen LogP contribution in [-0.4, -0.2) is 47.8 Å². The lowest BCUT2D eigenvalue weighted by Gasteiger charge is -2.35. The first-order valence-corrected chi connectivity index (χ1v) is 13.2. The number of benzene rings is 2. The number of carbonyl (C=O) groups is 3. The molecular weight excluding hydrogens is 599 g/mol. The second-order valence-electron chi connectivity index (χ2n) is 9.22. The third kappa shape index (κ3) is 7.33. The minimum Gasteiger partial charge on any atom is -0.493 e. The largest absolute Gasteiger partial charge is 0.493 e. The molecule has 2 atom stereocenters. The summed E-state index contributed by atoms with van der Waals surface area (Å²) in [6.07, 6.45) is -0.521. The molecule has 1 heterocycles. The van der Waals surface area contributed by atoms with Gasteiger partial charge in [0.2, 0.25) is 6.79 Å². The number of ether oxygens (including phenoxy) is 4. The minimum atomic E-state index is -2.25. The van der Waals surface area contributed by atoms with Crippen LogP contribution in [0.5, 0.6) is 11.5 Å². The number of aliphatic hydroxyl groups is 1. The van der Waals surface area contributed by atoms with Crippen molar-refractivity contribution in [1.82, 2.24) is 4.98 Å². The molecule has 0 aliphatic carbocycles. The van der Waals surface area contributed by atoms with E-state index >= 15 is 0 Å². The second-order valence-corrected chi connectivity index (χ2v) is 10.0. The van der Waals surface area contributed by atoms with Gasteiger partial charge in [0, 0.05) is 25.6 Å². The maximum absolute atomic E-state index is 14.4. The quantitative estimate of drug-likeness (QED) is 0.154. The molecule has 0 spiro atoms. The Morgan fingerprint density at radius 2 is 1.57 bits per heavy atom. The van der Waals surface area contributed by atoms with Crippen molar-refractivity contribution in [3.05, 3.63) is 87.2 Å². The lowest BCUT2D eigenvalue weighted by Crippen LogP contribution is -2.42. The zero-order valence-electron chi connectivity index (χ0n) is 23.0. The summed E-state index contributed by atoms with van der Waals surface area (Å²) in [6.45, 7) is 3.41. The maximum atomic E-state index is 14.4. The second kappa shape index (κ2) is 13.9. The maximum Gasteiger partial charge on any atom is 0.309 e. The molecule has 1 aromatic heterocycles. The zero-order valence-corrected chi connectivity index (χ0v) is 24.5. The number of hydrogen-bond donors (Lipinski definition) is 1. The smallest absolute Gasteiger partial charge is 0.309 e. The summed E-state index contributed by atoms with van der Waals surface area (Å²) in [5.41, 5.74) is -2.59. The predicted molar refractivity (Wildman–Crippen MR) is 148 cm³/mol. The monoisotopic (exact) mass is 625 g/mol. The Balaban J connectivity index is 1.86. The molecule has 0 saturated carbocycles. The third-order valence-electron chi connectivity index (χ3n) is 6.31. The fourth-order valence-corrected chi connectivity index (χ4v) is 4.27. The fourth-order valence-electron chi connectivity index (χ4n) is 4.04. The van der Waals surface area contributed by atoms with Gasteiger partial charge in [0.15, 0.2) is 28.6 Å². The molecule has 0 aliphatic heterocycles. The predicted octanol–water partition coefficient (Wildman–Crippen LogP) is 5.65. The Morgan fingerprint density at radius 3 is 2.07 bits per heavy atom. The number of aromatic nitrogens is 1. The number of Topliss-reactive ketones (excluding diaryl/α,β-unsaturated/α-hetero) is 1. The van der Waals surface area contributed by atoms with Gasteiger partial charge in [0.05, 0.1) is 23.1 Å². The van der Waals surface area contributed by atoms with Crippen LogP contribution in [0.2, 0.25) is 10.0 Å². The number of ketones is 1. The summed E-state index contributed by atoms with van der Waals surface area (Å²) in [7, 11) is 1.34. The highest BCUT2D eigenvalue weighted by molar-refractivity contribution is 6.31. The van der Waals surface area contributed by atoms with E-state index in [4.69, 9.17) is 42.1 Å². The molecule has 0 amide bonds. The van der Waals surface area contributed by atoms with Gasteiger partial charge >= 0.3 is 11.9 Å². The third-order valence-corrected chi connectivity index (χ3v) is 6.93. The van der Waals surface area contributed by atoms with Crippen molar-refractivity contribution in [2.75, 3.05) is 13.9 Å². The van der Waals surface area contributed by atoms with Crippen LogP contribution in [0.4, 0.5) is 8.78 Å². The van der Waals surface area contributed by atoms with Crippen LogP contribution >= 0.6 is 23.2 Å². The van der Waals surface area contributed by atoms with Gasteiger partial charge in [0.1, 0.15) is 17.7 Å². The highest BCUT2D eigenvalue weighted by Gasteiger charge is 2.42. The standard InChI is InChI=1S/C29H27Cl2F2NO8/c1-15(11-24(36)26-27(41-14-40-17(3)35)25(39-4)9-10-34-26)28(37)42-16(2)29(38,18-5-7-20(30)22(32)12-18)19-6-8-21(31)23(33)13-19/h5-10,12-13,15-16,38H,11,14H2,1-4H3/t15-,16+/m1/s1. The molecule has 0 saturated heterocycles. The van der Waals surface area contributed by atoms with E-state index in [-0.39, 0.29) is 38.4 Å². The lowest BCUT2D eigenvalue weighted by atomic mass is 9.82. The first-order chi connectivity index (χ1) is 19.8. The van der Waals surface area contributed by atoms with E-state index in [1.54, 1.807) is 0 Å². The molecular formula is C29H27Cl2F2NO8. The number of rotatable bonds is 12. The molecule has 13 heteroatoms. The molecule has 42 heavy (non-hydrogen) atoms. The van der Waals surface area contributed by atoms with Crippen molar-refractivity contribution >= 4 is 40.9 Å². The first-order valence-electron chi connectivity index (χ1n) is 12.5. The van der Waals surface area contributed by atoms with E-state index in [0.29, 0.717) is 0 Å². The van der Waals surface area contributed by atoms with Crippen molar-refractivity contribution in [2.24, 2.45) is 5.92 Å². The molecule has 0 aliphatic rings. The molecule has 0 bridgehead atoms. The van der Waals surface area contributed by atoms with Crippen LogP contribution in [0, 0.1) is 17.6 Å². The van der Waals surface area contributed by atoms with Gasteiger partial charge in [-0.25, -0.2) is 13.8 Å². The Labute approximate surface area is 250 Å². The van der Waals surface area contributed by atoms with Gasteiger partial charge in [-0.1, -0.05) is 42.3 Å². The van der Waals surface area contributed by atoms with Gasteiger partial charge in [-0.05, 0) is 42.3 Å². The molecule has 2 aromatic carbocycles. The highest BCUT2D eigenvalue weighted by Crippen LogP contribution is 2.38. The average Bonchev–Trinajstić information content (AvgIpc) is 2.95. The Hall–Kier alpha value is -3.80. The van der Waals surface area contributed by atoms with Crippen molar-refractivity contribution in [1.29, 1.82) is 0 Å². The van der Waals surface area contributed by atoms with Crippen LogP contribution in [-0.2, 0) is 24.7 Å². The summed E-state index contributed by atoms with van der Waals surface area (Å²) in [5.74, 6) is -4.89. The fraction of sp³-hybridized carbons (Fsp3) is 0.310. The summed E-state index contributed by atoms with van der Waals surface area (Å²) in [5, 5.41) is 11.4. The van der Waals surface area contributed by atoms with Crippen LogP contribution < -0.4 is 9.47 Å². The number of carbonyl (C=O) groups excluding carboxylic acids is 3. The van der Waals surface area contributed by atoms with Crippen LogP contribution in [0.15, 0.2) is 48.7 Å². The number of methoxy groups -OCH3 is 1. The lowest BCUT2D eigenvalue weighted by molar-refractivity contribution is -0.164. The normalized spacial score (nSPS) is 12.7. The van der Waals surface area contributed by atoms with Crippen molar-refractivity contribution < 1.29 is 47.2 Å². The molecule has 0 fully saturated rings. The Bertz CT molecular complexity index is 1430. The van der Waals surface area contributed by atoms with E-state index < -0.39 is 60.2 Å². The van der Waals surface area contributed by atoms with Crippen molar-refractivity contribution in [3.8, 4) is 11.5 Å². The Kier molecular flexibility index (Phi) is 10.8. The number of nitrogens with zero attached hydrogens (tertiary/aromatic N) is 1. The highest BCUT2D eigenvalue weighted by atomic mass is 35.5. The average molecular weight is 626 g/mol. The van der Waals surface area contributed by atoms with Gasteiger partial charge in [0.25, 0.3) is 0 Å². The SMILES string of the molecule is COc1ccnc(C(=O)C[C@@H](C)C(=O)O[C@@H](C)C(O)(c2ccc(Cl)c(F)c2)c2ccc(Cl)c(F)c2)c1OCOC(C)=O. The van der Waals surface area contributed by atoms with E-state index in [1.165, 1.54) is 64.4 Å². The summed E-state index contributed by atoms with van der Waals surface area (Å²) in [6, 6.07) is 8.32. The number of halogens is 4. The molecule has 3 rings (SSSR count). The molecule has 224 valence electrons. The topological polar surface area (TPSA) is 121 Å². The van der Waals surface area contributed by atoms with Crippen LogP contribution in [0.25, 0.3) is 0 Å². The number of hydrogen-bond acceptors (Lipinski definition) is 9. The van der Waals surface area contributed by atoms with E-state index in [1.807, 2.05) is 0 Å². The van der Waals surface area contributed by atoms with Gasteiger partial charge in [-0.15, -0.1) is 0 Å². The first kappa shape index (κ1) is 32.7. The number of pyridine rings is 1. The molecule has 9 nitrogen and oxygen atoms in total. The number of esters is 2. The summed E-state index contributed by atoms with van der Waals surface area (Å²) in [4.78, 5) is 41.4. The molecule has 1 N–H and O–H groups in total. The van der Waals surface area contributed by atoms with E-state index in [9.17, 15) is 28.3 Å².